The molecule has 0 aromatic heterocycles. The van der Waals surface area contributed by atoms with E-state index in [1.807, 2.05) is 12.2 Å². The Labute approximate surface area is 108 Å². The molecule has 0 unspecified atom stereocenters. The Balaban J connectivity index is 2.32. The molecule has 1 aromatic rings. The molecule has 18 heavy (non-hydrogen) atoms. The first-order chi connectivity index (χ1) is 8.37. The normalized spacial score (nSPS) is 12.3. The Morgan fingerprint density at radius 2 is 1.67 bits per heavy atom. The van der Waals surface area contributed by atoms with Crippen LogP contribution in [0.1, 0.15) is 32.8 Å². The predicted molar refractivity (Wildman–Crippen MR) is 71.6 cm³/mol. The molecule has 0 aliphatic rings. The van der Waals surface area contributed by atoms with Crippen LogP contribution in [0.15, 0.2) is 30.4 Å². The SMILES string of the molecule is CC(C)(C)NCC/C=C/Cc1cc(F)cc(F)c1. The monoisotopic (exact) mass is 253 g/mol. The molecule has 0 spiro atoms. The summed E-state index contributed by atoms with van der Waals surface area (Å²) in [6, 6.07) is 3.61. The van der Waals surface area contributed by atoms with Gasteiger partial charge in [0.25, 0.3) is 0 Å². The van der Waals surface area contributed by atoms with Gasteiger partial charge in [-0.25, -0.2) is 8.78 Å². The fraction of sp³-hybridized carbons (Fsp3) is 0.467. The highest BCUT2D eigenvalue weighted by molar-refractivity contribution is 5.20. The summed E-state index contributed by atoms with van der Waals surface area (Å²) in [5.41, 5.74) is 0.784. The molecule has 1 N–H and O–H groups in total. The van der Waals surface area contributed by atoms with Gasteiger partial charge in [-0.15, -0.1) is 0 Å². The third kappa shape index (κ3) is 6.50. The molecule has 0 aliphatic heterocycles. The van der Waals surface area contributed by atoms with E-state index in [2.05, 4.69) is 26.1 Å². The van der Waals surface area contributed by atoms with Crippen molar-refractivity contribution < 1.29 is 8.78 Å². The topological polar surface area (TPSA) is 12.0 Å². The smallest absolute Gasteiger partial charge is 0.126 e. The summed E-state index contributed by atoms with van der Waals surface area (Å²) >= 11 is 0. The Morgan fingerprint density at radius 1 is 1.06 bits per heavy atom. The van der Waals surface area contributed by atoms with Crippen molar-refractivity contribution in [2.24, 2.45) is 0 Å². The van der Waals surface area contributed by atoms with Crippen LogP contribution in [0.5, 0.6) is 0 Å². The highest BCUT2D eigenvalue weighted by atomic mass is 19.1. The Morgan fingerprint density at radius 3 is 2.22 bits per heavy atom. The summed E-state index contributed by atoms with van der Waals surface area (Å²) in [5.74, 6) is -1.04. The van der Waals surface area contributed by atoms with Crippen molar-refractivity contribution in [3.63, 3.8) is 0 Å². The van der Waals surface area contributed by atoms with Crippen LogP contribution in [0.4, 0.5) is 8.78 Å². The first kappa shape index (κ1) is 14.8. The molecular formula is C15H21F2N. The van der Waals surface area contributed by atoms with Gasteiger partial charge in [0.15, 0.2) is 0 Å². The molecule has 1 aromatic carbocycles. The third-order valence-electron chi connectivity index (χ3n) is 2.41. The molecule has 3 heteroatoms. The first-order valence-electron chi connectivity index (χ1n) is 6.22. The summed E-state index contributed by atoms with van der Waals surface area (Å²) in [4.78, 5) is 0. The fourth-order valence-corrected chi connectivity index (χ4v) is 1.60. The number of rotatable bonds is 5. The second-order valence-electron chi connectivity index (χ2n) is 5.42. The molecule has 100 valence electrons. The zero-order chi connectivity index (χ0) is 13.6. The second kappa shape index (κ2) is 6.64. The summed E-state index contributed by atoms with van der Waals surface area (Å²) in [6.45, 7) is 7.25. The van der Waals surface area contributed by atoms with Crippen LogP contribution in [-0.2, 0) is 6.42 Å². The van der Waals surface area contributed by atoms with E-state index in [9.17, 15) is 8.78 Å². The lowest BCUT2D eigenvalue weighted by molar-refractivity contribution is 0.431. The largest absolute Gasteiger partial charge is 0.312 e. The van der Waals surface area contributed by atoms with Crippen LogP contribution in [0.2, 0.25) is 0 Å². The minimum absolute atomic E-state index is 0.125. The van der Waals surface area contributed by atoms with Crippen molar-refractivity contribution in [2.75, 3.05) is 6.54 Å². The lowest BCUT2D eigenvalue weighted by Crippen LogP contribution is -2.36. The molecule has 1 nitrogen and oxygen atoms in total. The summed E-state index contributed by atoms with van der Waals surface area (Å²) < 4.78 is 25.8. The number of benzene rings is 1. The van der Waals surface area contributed by atoms with Gasteiger partial charge in [-0.05, 0) is 57.9 Å². The van der Waals surface area contributed by atoms with Crippen molar-refractivity contribution >= 4 is 0 Å². The molecule has 0 fully saturated rings. The van der Waals surface area contributed by atoms with Gasteiger partial charge < -0.3 is 5.32 Å². The molecule has 0 heterocycles. The Kier molecular flexibility index (Phi) is 5.48. The lowest BCUT2D eigenvalue weighted by atomic mass is 10.1. The number of hydrogen-bond donors (Lipinski definition) is 1. The van der Waals surface area contributed by atoms with Crippen molar-refractivity contribution in [1.29, 1.82) is 0 Å². The van der Waals surface area contributed by atoms with E-state index in [1.165, 1.54) is 12.1 Å². The standard InChI is InChI=1S/C15H21F2N/c1-15(2,3)18-8-6-4-5-7-12-9-13(16)11-14(17)10-12/h4-5,9-11,18H,6-8H2,1-3H3/b5-4+. The first-order valence-corrected chi connectivity index (χ1v) is 6.22. The molecule has 0 saturated heterocycles. The van der Waals surface area contributed by atoms with E-state index in [1.54, 1.807) is 0 Å². The van der Waals surface area contributed by atoms with Gasteiger partial charge in [0.1, 0.15) is 11.6 Å². The molecular weight excluding hydrogens is 232 g/mol. The number of hydrogen-bond acceptors (Lipinski definition) is 1. The summed E-state index contributed by atoms with van der Waals surface area (Å²) in [5, 5.41) is 3.37. The van der Waals surface area contributed by atoms with Crippen molar-refractivity contribution in [3.05, 3.63) is 47.5 Å². The van der Waals surface area contributed by atoms with Gasteiger partial charge in [-0.3, -0.25) is 0 Å². The minimum atomic E-state index is -0.521. The second-order valence-corrected chi connectivity index (χ2v) is 5.42. The van der Waals surface area contributed by atoms with Gasteiger partial charge in [0, 0.05) is 11.6 Å². The molecule has 1 rings (SSSR count). The molecule has 0 aliphatic carbocycles. The Bertz CT molecular complexity index is 385. The molecule has 0 bridgehead atoms. The van der Waals surface area contributed by atoms with Crippen LogP contribution >= 0.6 is 0 Å². The summed E-state index contributed by atoms with van der Waals surface area (Å²) in [6.07, 6.45) is 5.44. The maximum absolute atomic E-state index is 12.9. The average Bonchev–Trinajstić information content (AvgIpc) is 2.20. The predicted octanol–water partition coefficient (Wildman–Crippen LogP) is 3.84. The number of allylic oxidation sites excluding steroid dienone is 1. The van der Waals surface area contributed by atoms with Gasteiger partial charge in [0.2, 0.25) is 0 Å². The van der Waals surface area contributed by atoms with E-state index in [4.69, 9.17) is 0 Å². The van der Waals surface area contributed by atoms with Crippen molar-refractivity contribution in [2.45, 2.75) is 39.2 Å². The van der Waals surface area contributed by atoms with E-state index < -0.39 is 11.6 Å². The zero-order valence-corrected chi connectivity index (χ0v) is 11.3. The molecule has 0 saturated carbocycles. The molecule has 0 radical (unpaired) electrons. The number of halogens is 2. The van der Waals surface area contributed by atoms with E-state index in [0.29, 0.717) is 12.0 Å². The van der Waals surface area contributed by atoms with E-state index in [0.717, 1.165) is 19.0 Å². The third-order valence-corrected chi connectivity index (χ3v) is 2.41. The highest BCUT2D eigenvalue weighted by Crippen LogP contribution is 2.09. The molecule has 0 atom stereocenters. The maximum Gasteiger partial charge on any atom is 0.126 e. The number of nitrogens with one attached hydrogen (secondary N) is 1. The van der Waals surface area contributed by atoms with E-state index >= 15 is 0 Å². The van der Waals surface area contributed by atoms with Crippen LogP contribution in [-0.4, -0.2) is 12.1 Å². The fourth-order valence-electron chi connectivity index (χ4n) is 1.60. The van der Waals surface area contributed by atoms with E-state index in [-0.39, 0.29) is 5.54 Å². The van der Waals surface area contributed by atoms with Gasteiger partial charge >= 0.3 is 0 Å². The van der Waals surface area contributed by atoms with Crippen LogP contribution < -0.4 is 5.32 Å². The van der Waals surface area contributed by atoms with Gasteiger partial charge in [0.05, 0.1) is 0 Å². The van der Waals surface area contributed by atoms with Gasteiger partial charge in [-0.1, -0.05) is 12.2 Å². The highest BCUT2D eigenvalue weighted by Gasteiger charge is 2.06. The minimum Gasteiger partial charge on any atom is -0.312 e. The van der Waals surface area contributed by atoms with Crippen LogP contribution in [0, 0.1) is 11.6 Å². The maximum atomic E-state index is 12.9. The Hall–Kier alpha value is -1.22. The lowest BCUT2D eigenvalue weighted by Gasteiger charge is -2.19. The average molecular weight is 253 g/mol. The van der Waals surface area contributed by atoms with Crippen LogP contribution in [0.25, 0.3) is 0 Å². The van der Waals surface area contributed by atoms with Crippen molar-refractivity contribution in [3.8, 4) is 0 Å². The summed E-state index contributed by atoms with van der Waals surface area (Å²) in [7, 11) is 0. The zero-order valence-electron chi connectivity index (χ0n) is 11.3. The quantitative estimate of drug-likeness (QED) is 0.621. The molecule has 0 amide bonds. The van der Waals surface area contributed by atoms with Gasteiger partial charge in [-0.2, -0.15) is 0 Å². The van der Waals surface area contributed by atoms with Crippen LogP contribution in [0.3, 0.4) is 0 Å². The van der Waals surface area contributed by atoms with Crippen molar-refractivity contribution in [1.82, 2.24) is 5.32 Å².